The number of fused-ring (bicyclic) bond motifs is 2. The molecule has 0 radical (unpaired) electrons. The normalized spacial score (nSPS) is 27.8. The highest BCUT2D eigenvalue weighted by atomic mass is 16.3. The average molecular weight is 303 g/mol. The number of benzene rings is 1. The van der Waals surface area contributed by atoms with Crippen LogP contribution in [-0.2, 0) is 11.2 Å². The molecule has 1 aromatic rings. The Morgan fingerprint density at radius 3 is 2.59 bits per heavy atom. The van der Waals surface area contributed by atoms with Gasteiger partial charge < -0.3 is 15.5 Å². The molecule has 0 aromatic heterocycles. The van der Waals surface area contributed by atoms with Crippen molar-refractivity contribution in [1.29, 1.82) is 0 Å². The summed E-state index contributed by atoms with van der Waals surface area (Å²) in [7, 11) is 0. The highest BCUT2D eigenvalue weighted by Gasteiger charge is 2.40. The number of carbonyl (C=O) groups is 1. The van der Waals surface area contributed by atoms with Gasteiger partial charge in [-0.1, -0.05) is 18.6 Å². The minimum atomic E-state index is -0.254. The van der Waals surface area contributed by atoms with Crippen LogP contribution in [0, 0.1) is 17.8 Å². The van der Waals surface area contributed by atoms with Crippen LogP contribution < -0.4 is 5.32 Å². The molecule has 0 aliphatic heterocycles. The summed E-state index contributed by atoms with van der Waals surface area (Å²) in [5.74, 6) is 2.45. The van der Waals surface area contributed by atoms with Gasteiger partial charge in [-0.2, -0.15) is 0 Å². The van der Waals surface area contributed by atoms with Gasteiger partial charge in [0.1, 0.15) is 5.75 Å². The van der Waals surface area contributed by atoms with Crippen molar-refractivity contribution < 1.29 is 15.0 Å². The Bertz CT molecular complexity index is 514. The largest absolute Gasteiger partial charge is 0.508 e. The van der Waals surface area contributed by atoms with Gasteiger partial charge in [-0.3, -0.25) is 4.79 Å². The van der Waals surface area contributed by atoms with E-state index in [1.165, 1.54) is 25.7 Å². The topological polar surface area (TPSA) is 69.6 Å². The van der Waals surface area contributed by atoms with Crippen LogP contribution in [0.5, 0.6) is 5.75 Å². The highest BCUT2D eigenvalue weighted by molar-refractivity contribution is 5.76. The molecular formula is C18H25NO3. The van der Waals surface area contributed by atoms with Crippen molar-refractivity contribution in [2.24, 2.45) is 17.8 Å². The number of phenolic OH excluding ortho intramolecular Hbond substituents is 1. The molecule has 4 nitrogen and oxygen atoms in total. The molecule has 120 valence electrons. The predicted octanol–water partition coefficient (Wildman–Crippen LogP) is 2.24. The van der Waals surface area contributed by atoms with Gasteiger partial charge in [-0.15, -0.1) is 0 Å². The van der Waals surface area contributed by atoms with Gasteiger partial charge in [0.2, 0.25) is 5.91 Å². The van der Waals surface area contributed by atoms with E-state index < -0.39 is 0 Å². The molecule has 3 rings (SSSR count). The third-order valence-electron chi connectivity index (χ3n) is 5.34. The van der Waals surface area contributed by atoms with Gasteiger partial charge in [-0.05, 0) is 61.1 Å². The second-order valence-electron chi connectivity index (χ2n) is 6.96. The van der Waals surface area contributed by atoms with E-state index in [0.29, 0.717) is 18.8 Å². The molecule has 2 aliphatic carbocycles. The zero-order valence-corrected chi connectivity index (χ0v) is 12.9. The third kappa shape index (κ3) is 3.61. The van der Waals surface area contributed by atoms with Crippen LogP contribution in [0.15, 0.2) is 24.3 Å². The van der Waals surface area contributed by atoms with Crippen LogP contribution in [0.1, 0.15) is 37.7 Å². The molecule has 4 heteroatoms. The monoisotopic (exact) mass is 303 g/mol. The molecule has 0 saturated heterocycles. The second kappa shape index (κ2) is 6.69. The van der Waals surface area contributed by atoms with E-state index in [1.807, 2.05) is 12.1 Å². The van der Waals surface area contributed by atoms with E-state index in [4.69, 9.17) is 0 Å². The molecular weight excluding hydrogens is 278 g/mol. The summed E-state index contributed by atoms with van der Waals surface area (Å²) in [6.45, 7) is -0.0661. The van der Waals surface area contributed by atoms with Crippen LogP contribution in [0.3, 0.4) is 0 Å². The molecule has 0 heterocycles. The first kappa shape index (κ1) is 15.3. The Labute approximate surface area is 131 Å². The number of hydrogen-bond donors (Lipinski definition) is 3. The van der Waals surface area contributed by atoms with Crippen LogP contribution >= 0.6 is 0 Å². The van der Waals surface area contributed by atoms with Gasteiger partial charge in [0, 0.05) is 6.42 Å². The maximum Gasteiger partial charge on any atom is 0.220 e. The molecule has 1 amide bonds. The fourth-order valence-corrected chi connectivity index (χ4v) is 4.23. The van der Waals surface area contributed by atoms with Crippen molar-refractivity contribution >= 4 is 5.91 Å². The van der Waals surface area contributed by atoms with Gasteiger partial charge in [0.25, 0.3) is 0 Å². The lowest BCUT2D eigenvalue weighted by Crippen LogP contribution is -2.40. The summed E-state index contributed by atoms with van der Waals surface area (Å²) < 4.78 is 0. The molecule has 2 saturated carbocycles. The molecule has 3 unspecified atom stereocenters. The van der Waals surface area contributed by atoms with Gasteiger partial charge in [-0.25, -0.2) is 0 Å². The van der Waals surface area contributed by atoms with E-state index in [2.05, 4.69) is 5.32 Å². The average Bonchev–Trinajstić information content (AvgIpc) is 3.11. The quantitative estimate of drug-likeness (QED) is 0.755. The Balaban J connectivity index is 1.49. The van der Waals surface area contributed by atoms with Crippen LogP contribution in [-0.4, -0.2) is 28.8 Å². The standard InChI is InChI=1S/C18H25NO3/c20-11-16(9-12-2-5-17(21)6-3-12)19-18(22)10-15-8-13-1-4-14(15)7-13/h2-3,5-6,13-16,20-21H,1,4,7-11H2,(H,19,22)/t13?,14?,15?,16-/m0/s1. The number of aromatic hydroxyl groups is 1. The summed E-state index contributed by atoms with van der Waals surface area (Å²) in [6, 6.07) is 6.64. The number of rotatable bonds is 6. The van der Waals surface area contributed by atoms with Crippen LogP contribution in [0.25, 0.3) is 0 Å². The predicted molar refractivity (Wildman–Crippen MR) is 84.4 cm³/mol. The van der Waals surface area contributed by atoms with E-state index in [1.54, 1.807) is 12.1 Å². The van der Waals surface area contributed by atoms with Crippen molar-refractivity contribution in [3.63, 3.8) is 0 Å². The first-order valence-corrected chi connectivity index (χ1v) is 8.32. The molecule has 0 spiro atoms. The van der Waals surface area contributed by atoms with E-state index in [-0.39, 0.29) is 24.3 Å². The molecule has 1 aromatic carbocycles. The van der Waals surface area contributed by atoms with Gasteiger partial charge in [0.05, 0.1) is 12.6 Å². The molecule has 2 bridgehead atoms. The Hall–Kier alpha value is -1.55. The number of amides is 1. The number of nitrogens with one attached hydrogen (secondary N) is 1. The number of aliphatic hydroxyl groups excluding tert-OH is 1. The second-order valence-corrected chi connectivity index (χ2v) is 6.96. The van der Waals surface area contributed by atoms with Crippen molar-refractivity contribution in [3.05, 3.63) is 29.8 Å². The molecule has 4 atom stereocenters. The van der Waals surface area contributed by atoms with Crippen LogP contribution in [0.2, 0.25) is 0 Å². The molecule has 2 fully saturated rings. The Morgan fingerprint density at radius 2 is 2.00 bits per heavy atom. The summed E-state index contributed by atoms with van der Waals surface area (Å²) >= 11 is 0. The molecule has 22 heavy (non-hydrogen) atoms. The highest BCUT2D eigenvalue weighted by Crippen LogP contribution is 2.49. The van der Waals surface area contributed by atoms with E-state index in [0.717, 1.165) is 17.4 Å². The lowest BCUT2D eigenvalue weighted by Gasteiger charge is -2.23. The SMILES string of the molecule is O=C(CC1CC2CCC1C2)N[C@H](CO)Cc1ccc(O)cc1. The first-order chi connectivity index (χ1) is 10.6. The minimum absolute atomic E-state index is 0.0652. The Morgan fingerprint density at radius 1 is 1.23 bits per heavy atom. The van der Waals surface area contributed by atoms with Gasteiger partial charge >= 0.3 is 0 Å². The van der Waals surface area contributed by atoms with Crippen LogP contribution in [0.4, 0.5) is 0 Å². The lowest BCUT2D eigenvalue weighted by molar-refractivity contribution is -0.123. The first-order valence-electron chi connectivity index (χ1n) is 8.32. The van der Waals surface area contributed by atoms with Crippen molar-refractivity contribution in [1.82, 2.24) is 5.32 Å². The zero-order chi connectivity index (χ0) is 15.5. The van der Waals surface area contributed by atoms with E-state index in [9.17, 15) is 15.0 Å². The lowest BCUT2D eigenvalue weighted by atomic mass is 9.86. The zero-order valence-electron chi connectivity index (χ0n) is 12.9. The number of carbonyl (C=O) groups excluding carboxylic acids is 1. The number of aliphatic hydroxyl groups is 1. The maximum atomic E-state index is 12.2. The summed E-state index contributed by atoms with van der Waals surface area (Å²) in [4.78, 5) is 12.2. The Kier molecular flexibility index (Phi) is 4.67. The minimum Gasteiger partial charge on any atom is -0.508 e. The smallest absolute Gasteiger partial charge is 0.220 e. The van der Waals surface area contributed by atoms with Gasteiger partial charge in [0.15, 0.2) is 0 Å². The fourth-order valence-electron chi connectivity index (χ4n) is 4.23. The van der Waals surface area contributed by atoms with Crippen molar-refractivity contribution in [2.75, 3.05) is 6.61 Å². The summed E-state index contributed by atoms with van der Waals surface area (Å²) in [5.41, 5.74) is 0.997. The van der Waals surface area contributed by atoms with Crippen molar-refractivity contribution in [2.45, 2.75) is 44.6 Å². The number of phenols is 1. The third-order valence-corrected chi connectivity index (χ3v) is 5.34. The maximum absolute atomic E-state index is 12.2. The summed E-state index contributed by atoms with van der Waals surface area (Å²) in [5, 5.41) is 21.7. The summed E-state index contributed by atoms with van der Waals surface area (Å²) in [6.07, 6.45) is 6.35. The van der Waals surface area contributed by atoms with Crippen molar-refractivity contribution in [3.8, 4) is 5.75 Å². The number of hydrogen-bond acceptors (Lipinski definition) is 3. The molecule has 3 N–H and O–H groups in total. The molecule has 2 aliphatic rings. The fraction of sp³-hybridized carbons (Fsp3) is 0.611. The van der Waals surface area contributed by atoms with E-state index >= 15 is 0 Å².